The minimum atomic E-state index is -0.989. The molecule has 1 aliphatic heterocycles. The number of nitrogens with zero attached hydrogens (tertiary/aromatic N) is 2. The van der Waals surface area contributed by atoms with Gasteiger partial charge in [0.1, 0.15) is 5.75 Å². The monoisotopic (exact) mass is 382 g/mol. The fraction of sp³-hybridized carbons (Fsp3) is 0.150. The first kappa shape index (κ1) is 18.7. The first-order valence-corrected chi connectivity index (χ1v) is 9.11. The summed E-state index contributed by atoms with van der Waals surface area (Å²) in [6, 6.07) is 13.7. The molecule has 6 nitrogen and oxygen atoms in total. The van der Waals surface area contributed by atoms with Crippen LogP contribution in [-0.4, -0.2) is 40.7 Å². The summed E-state index contributed by atoms with van der Waals surface area (Å²) >= 11 is 1.29. The summed E-state index contributed by atoms with van der Waals surface area (Å²) in [6.07, 6.45) is 1.80. The highest BCUT2D eigenvalue weighted by Gasteiger charge is 2.32. The van der Waals surface area contributed by atoms with Gasteiger partial charge in [0.25, 0.3) is 5.91 Å². The van der Waals surface area contributed by atoms with Gasteiger partial charge in [-0.2, -0.15) is 0 Å². The van der Waals surface area contributed by atoms with Crippen LogP contribution in [0.2, 0.25) is 0 Å². The Morgan fingerprint density at radius 3 is 2.56 bits per heavy atom. The number of amidine groups is 1. The number of amides is 1. The van der Waals surface area contributed by atoms with Crippen molar-refractivity contribution in [2.45, 2.75) is 6.92 Å². The number of aliphatic imine (C=N–C) groups is 1. The van der Waals surface area contributed by atoms with E-state index in [-0.39, 0.29) is 11.5 Å². The average Bonchev–Trinajstić information content (AvgIpc) is 2.97. The van der Waals surface area contributed by atoms with Gasteiger partial charge in [-0.25, -0.2) is 9.79 Å². The number of carbonyl (C=O) groups is 2. The molecule has 138 valence electrons. The predicted octanol–water partition coefficient (Wildman–Crippen LogP) is 4.02. The lowest BCUT2D eigenvalue weighted by Gasteiger charge is -2.12. The van der Waals surface area contributed by atoms with E-state index in [2.05, 4.69) is 4.99 Å². The van der Waals surface area contributed by atoms with Gasteiger partial charge in [0.05, 0.1) is 23.3 Å². The van der Waals surface area contributed by atoms with E-state index in [4.69, 9.17) is 9.84 Å². The maximum atomic E-state index is 12.7. The van der Waals surface area contributed by atoms with Gasteiger partial charge in [0.2, 0.25) is 0 Å². The van der Waals surface area contributed by atoms with E-state index in [0.717, 1.165) is 5.56 Å². The Morgan fingerprint density at radius 1 is 1.22 bits per heavy atom. The van der Waals surface area contributed by atoms with Gasteiger partial charge in [-0.3, -0.25) is 9.69 Å². The standard InChI is InChI=1S/C20H18N2O4S/c1-3-22-18(23)17(12-14-6-4-5-7-16(14)26-2)27-20(22)21-15-10-8-13(9-11-15)19(24)25/h4-12H,3H2,1-2H3,(H,24,25)/b17-12-,21-20?. The summed E-state index contributed by atoms with van der Waals surface area (Å²) < 4.78 is 5.34. The molecule has 0 aromatic heterocycles. The Bertz CT molecular complexity index is 935. The molecule has 0 saturated carbocycles. The number of carbonyl (C=O) groups excluding carboxylic acids is 1. The van der Waals surface area contributed by atoms with Crippen LogP contribution in [0.5, 0.6) is 5.75 Å². The zero-order valence-electron chi connectivity index (χ0n) is 14.9. The van der Waals surface area contributed by atoms with Crippen molar-refractivity contribution in [1.29, 1.82) is 0 Å². The first-order valence-electron chi connectivity index (χ1n) is 8.30. The molecule has 1 aliphatic rings. The Balaban J connectivity index is 1.92. The molecule has 3 rings (SSSR count). The molecule has 0 aliphatic carbocycles. The molecule has 2 aromatic rings. The van der Waals surface area contributed by atoms with E-state index in [1.54, 1.807) is 30.2 Å². The molecule has 1 saturated heterocycles. The van der Waals surface area contributed by atoms with Gasteiger partial charge in [-0.15, -0.1) is 0 Å². The molecule has 1 fully saturated rings. The number of likely N-dealkylation sites (N-methyl/N-ethyl adjacent to an activating group) is 1. The molecular weight excluding hydrogens is 364 g/mol. The Hall–Kier alpha value is -3.06. The van der Waals surface area contributed by atoms with Crippen molar-refractivity contribution < 1.29 is 19.4 Å². The van der Waals surface area contributed by atoms with Crippen LogP contribution < -0.4 is 4.74 Å². The molecule has 0 bridgehead atoms. The van der Waals surface area contributed by atoms with E-state index in [1.807, 2.05) is 31.2 Å². The number of ether oxygens (including phenoxy) is 1. The van der Waals surface area contributed by atoms with Crippen LogP contribution in [-0.2, 0) is 4.79 Å². The van der Waals surface area contributed by atoms with Crippen molar-refractivity contribution in [3.63, 3.8) is 0 Å². The minimum Gasteiger partial charge on any atom is -0.496 e. The van der Waals surface area contributed by atoms with E-state index in [0.29, 0.717) is 28.1 Å². The minimum absolute atomic E-state index is 0.116. The topological polar surface area (TPSA) is 79.2 Å². The lowest BCUT2D eigenvalue weighted by atomic mass is 10.2. The highest BCUT2D eigenvalue weighted by Crippen LogP contribution is 2.35. The molecule has 7 heteroatoms. The van der Waals surface area contributed by atoms with Crippen LogP contribution in [0, 0.1) is 0 Å². The number of carboxylic acids is 1. The summed E-state index contributed by atoms with van der Waals surface area (Å²) in [5.74, 6) is -0.415. The van der Waals surface area contributed by atoms with Crippen molar-refractivity contribution in [2.75, 3.05) is 13.7 Å². The van der Waals surface area contributed by atoms with E-state index in [9.17, 15) is 9.59 Å². The zero-order valence-corrected chi connectivity index (χ0v) is 15.7. The molecule has 0 unspecified atom stereocenters. The molecule has 1 N–H and O–H groups in total. The third kappa shape index (κ3) is 4.03. The summed E-state index contributed by atoms with van der Waals surface area (Å²) in [5.41, 5.74) is 1.60. The number of hydrogen-bond acceptors (Lipinski definition) is 5. The van der Waals surface area contributed by atoms with Crippen molar-refractivity contribution in [3.8, 4) is 5.75 Å². The van der Waals surface area contributed by atoms with Crippen LogP contribution in [0.4, 0.5) is 5.69 Å². The van der Waals surface area contributed by atoms with Crippen LogP contribution in [0.1, 0.15) is 22.8 Å². The molecule has 2 aromatic carbocycles. The van der Waals surface area contributed by atoms with Crippen LogP contribution in [0.25, 0.3) is 6.08 Å². The Labute approximate surface area is 161 Å². The average molecular weight is 382 g/mol. The van der Waals surface area contributed by atoms with Crippen molar-refractivity contribution >= 4 is 40.6 Å². The van der Waals surface area contributed by atoms with Gasteiger partial charge >= 0.3 is 5.97 Å². The smallest absolute Gasteiger partial charge is 0.335 e. The van der Waals surface area contributed by atoms with Crippen LogP contribution >= 0.6 is 11.8 Å². The number of benzene rings is 2. The Kier molecular flexibility index (Phi) is 5.61. The number of thioether (sulfide) groups is 1. The summed E-state index contributed by atoms with van der Waals surface area (Å²) in [7, 11) is 1.59. The van der Waals surface area contributed by atoms with Gasteiger partial charge in [-0.1, -0.05) is 18.2 Å². The Morgan fingerprint density at radius 2 is 1.93 bits per heavy atom. The van der Waals surface area contributed by atoms with Gasteiger partial charge < -0.3 is 9.84 Å². The first-order chi connectivity index (χ1) is 13.0. The van der Waals surface area contributed by atoms with Crippen LogP contribution in [0.3, 0.4) is 0 Å². The molecule has 27 heavy (non-hydrogen) atoms. The number of methoxy groups -OCH3 is 1. The maximum Gasteiger partial charge on any atom is 0.335 e. The SMILES string of the molecule is CCN1C(=O)/C(=C/c2ccccc2OC)SC1=Nc1ccc(C(=O)O)cc1. The van der Waals surface area contributed by atoms with E-state index in [1.165, 1.54) is 23.9 Å². The number of aromatic carboxylic acids is 1. The van der Waals surface area contributed by atoms with E-state index >= 15 is 0 Å². The number of hydrogen-bond donors (Lipinski definition) is 1. The second-order valence-electron chi connectivity index (χ2n) is 5.65. The number of rotatable bonds is 5. The van der Waals surface area contributed by atoms with Crippen molar-refractivity contribution in [1.82, 2.24) is 4.90 Å². The number of carboxylic acid groups (broad SMARTS) is 1. The maximum absolute atomic E-state index is 12.7. The van der Waals surface area contributed by atoms with Crippen molar-refractivity contribution in [2.24, 2.45) is 4.99 Å². The summed E-state index contributed by atoms with van der Waals surface area (Å²) in [5, 5.41) is 9.54. The van der Waals surface area contributed by atoms with Crippen molar-refractivity contribution in [3.05, 3.63) is 64.6 Å². The number of para-hydroxylation sites is 1. The second-order valence-corrected chi connectivity index (χ2v) is 6.66. The molecule has 1 heterocycles. The largest absolute Gasteiger partial charge is 0.496 e. The third-order valence-corrected chi connectivity index (χ3v) is 4.98. The second kappa shape index (κ2) is 8.09. The fourth-order valence-corrected chi connectivity index (χ4v) is 3.64. The normalized spacial score (nSPS) is 17.0. The fourth-order valence-electron chi connectivity index (χ4n) is 2.59. The third-order valence-electron chi connectivity index (χ3n) is 3.97. The van der Waals surface area contributed by atoms with Gasteiger partial charge in [-0.05, 0) is 55.1 Å². The molecule has 0 spiro atoms. The summed E-state index contributed by atoms with van der Waals surface area (Å²) in [4.78, 5) is 30.3. The molecule has 0 atom stereocenters. The molecular formula is C20H18N2O4S. The lowest BCUT2D eigenvalue weighted by Crippen LogP contribution is -2.28. The highest BCUT2D eigenvalue weighted by molar-refractivity contribution is 8.18. The summed E-state index contributed by atoms with van der Waals surface area (Å²) in [6.45, 7) is 2.37. The molecule has 1 amide bonds. The lowest BCUT2D eigenvalue weighted by molar-refractivity contribution is -0.122. The van der Waals surface area contributed by atoms with Gasteiger partial charge in [0, 0.05) is 12.1 Å². The molecule has 0 radical (unpaired) electrons. The quantitative estimate of drug-likeness (QED) is 0.790. The van der Waals surface area contributed by atoms with Crippen LogP contribution in [0.15, 0.2) is 58.4 Å². The predicted molar refractivity (Wildman–Crippen MR) is 106 cm³/mol. The highest BCUT2D eigenvalue weighted by atomic mass is 32.2. The zero-order chi connectivity index (χ0) is 19.4. The van der Waals surface area contributed by atoms with Gasteiger partial charge in [0.15, 0.2) is 5.17 Å². The van der Waals surface area contributed by atoms with E-state index < -0.39 is 5.97 Å².